The number of rotatable bonds is 3. The molecule has 0 bridgehead atoms. The van der Waals surface area contributed by atoms with E-state index in [9.17, 15) is 5.11 Å². The number of aromatic hydroxyl groups is 1. The minimum absolute atomic E-state index is 0.183. The summed E-state index contributed by atoms with van der Waals surface area (Å²) >= 11 is 0. The average molecular weight is 265 g/mol. The maximum atomic E-state index is 9.47. The van der Waals surface area contributed by atoms with Crippen molar-refractivity contribution < 1.29 is 27.7 Å². The molecule has 1 atom stereocenters. The fourth-order valence-electron chi connectivity index (χ4n) is 1.04. The van der Waals surface area contributed by atoms with Crippen LogP contribution in [0.4, 0.5) is 0 Å². The van der Waals surface area contributed by atoms with Gasteiger partial charge in [-0.3, -0.25) is 9.11 Å². The van der Waals surface area contributed by atoms with Crippen LogP contribution in [-0.4, -0.2) is 41.3 Å². The lowest BCUT2D eigenvalue weighted by atomic mass is 10.1. The minimum atomic E-state index is -4.67. The van der Waals surface area contributed by atoms with Crippen molar-refractivity contribution in [2.45, 2.75) is 6.10 Å². The van der Waals surface area contributed by atoms with Gasteiger partial charge in [-0.15, -0.1) is 0 Å². The molecule has 0 radical (unpaired) electrons. The fraction of sp³-hybridized carbons (Fsp3) is 0.333. The number of nitrogens with one attached hydrogen (secondary N) is 1. The van der Waals surface area contributed by atoms with Crippen LogP contribution in [0.1, 0.15) is 11.7 Å². The van der Waals surface area contributed by atoms with Crippen LogP contribution in [0.2, 0.25) is 0 Å². The molecule has 0 spiro atoms. The summed E-state index contributed by atoms with van der Waals surface area (Å²) in [4.78, 5) is 0. The van der Waals surface area contributed by atoms with Crippen molar-refractivity contribution in [3.8, 4) is 5.75 Å². The molecule has 0 saturated heterocycles. The van der Waals surface area contributed by atoms with Gasteiger partial charge < -0.3 is 15.5 Å². The monoisotopic (exact) mass is 265 g/mol. The maximum absolute atomic E-state index is 9.47. The van der Waals surface area contributed by atoms with Crippen LogP contribution in [0, 0.1) is 0 Å². The van der Waals surface area contributed by atoms with Crippen molar-refractivity contribution in [2.75, 3.05) is 13.6 Å². The molecular weight excluding hydrogens is 250 g/mol. The molecule has 0 heterocycles. The van der Waals surface area contributed by atoms with Crippen molar-refractivity contribution in [1.82, 2.24) is 5.32 Å². The highest BCUT2D eigenvalue weighted by atomic mass is 32.3. The zero-order valence-electron chi connectivity index (χ0n) is 9.11. The molecule has 0 amide bonds. The van der Waals surface area contributed by atoms with Gasteiger partial charge in [0, 0.05) is 6.54 Å². The lowest BCUT2D eigenvalue weighted by molar-refractivity contribution is 0.177. The third-order valence-corrected chi connectivity index (χ3v) is 1.65. The van der Waals surface area contributed by atoms with Crippen LogP contribution in [0.15, 0.2) is 24.3 Å². The number of phenolic OH excluding ortho intramolecular Hbond substituents is 1. The van der Waals surface area contributed by atoms with Gasteiger partial charge in [0.05, 0.1) is 6.10 Å². The van der Waals surface area contributed by atoms with E-state index in [2.05, 4.69) is 5.32 Å². The number of likely N-dealkylation sites (N-methyl/N-ethyl adjacent to an activating group) is 1. The lowest BCUT2D eigenvalue weighted by Crippen LogP contribution is -2.16. The van der Waals surface area contributed by atoms with Crippen LogP contribution in [0.5, 0.6) is 5.75 Å². The first-order chi connectivity index (χ1) is 7.74. The van der Waals surface area contributed by atoms with Crippen LogP contribution >= 0.6 is 0 Å². The quantitative estimate of drug-likeness (QED) is 0.486. The molecule has 1 aromatic rings. The summed E-state index contributed by atoms with van der Waals surface area (Å²) in [5, 5.41) is 21.4. The standard InChI is InChI=1S/C9H13NO2.H2O4S/c1-10-6-9(12)7-3-2-4-8(11)5-7;1-5(2,3)4/h2-5,9-12H,6H2,1H3;(H2,1,2,3,4)/t9-;/m0./s1. The highest BCUT2D eigenvalue weighted by Crippen LogP contribution is 2.17. The second kappa shape index (κ2) is 7.20. The van der Waals surface area contributed by atoms with E-state index >= 15 is 0 Å². The molecule has 0 fully saturated rings. The predicted octanol–water partition coefficient (Wildman–Crippen LogP) is -0.00780. The van der Waals surface area contributed by atoms with Gasteiger partial charge in [0.2, 0.25) is 0 Å². The van der Waals surface area contributed by atoms with E-state index in [4.69, 9.17) is 22.6 Å². The molecule has 7 nitrogen and oxygen atoms in total. The number of aliphatic hydroxyl groups excluding tert-OH is 1. The van der Waals surface area contributed by atoms with Gasteiger partial charge in [-0.05, 0) is 24.7 Å². The fourth-order valence-corrected chi connectivity index (χ4v) is 1.04. The van der Waals surface area contributed by atoms with Gasteiger partial charge in [0.15, 0.2) is 0 Å². The average Bonchev–Trinajstić information content (AvgIpc) is 2.15. The van der Waals surface area contributed by atoms with E-state index in [1.807, 2.05) is 0 Å². The minimum Gasteiger partial charge on any atom is -0.508 e. The molecule has 1 aromatic carbocycles. The van der Waals surface area contributed by atoms with E-state index in [0.717, 1.165) is 5.56 Å². The molecule has 1 rings (SSSR count). The predicted molar refractivity (Wildman–Crippen MR) is 61.2 cm³/mol. The Balaban J connectivity index is 0.000000437. The van der Waals surface area contributed by atoms with Crippen molar-refractivity contribution in [1.29, 1.82) is 0 Å². The summed E-state index contributed by atoms with van der Waals surface area (Å²) in [5.74, 6) is 0.183. The topological polar surface area (TPSA) is 127 Å². The molecule has 0 unspecified atom stereocenters. The van der Waals surface area contributed by atoms with Crippen molar-refractivity contribution in [3.63, 3.8) is 0 Å². The number of hydrogen-bond donors (Lipinski definition) is 5. The molecule has 0 saturated carbocycles. The largest absolute Gasteiger partial charge is 0.508 e. The number of hydrogen-bond acceptors (Lipinski definition) is 5. The van der Waals surface area contributed by atoms with Crippen LogP contribution in [0.25, 0.3) is 0 Å². The number of aliphatic hydroxyl groups is 1. The van der Waals surface area contributed by atoms with Crippen LogP contribution < -0.4 is 5.32 Å². The lowest BCUT2D eigenvalue weighted by Gasteiger charge is -2.09. The Labute approximate surface area is 99.3 Å². The third kappa shape index (κ3) is 9.72. The molecule has 0 aliphatic heterocycles. The smallest absolute Gasteiger partial charge is 0.394 e. The molecule has 0 aromatic heterocycles. The SMILES string of the molecule is CNC[C@H](O)c1cccc(O)c1.O=S(=O)(O)O. The van der Waals surface area contributed by atoms with Crippen molar-refractivity contribution in [2.24, 2.45) is 0 Å². The Morgan fingerprint density at radius 2 is 1.88 bits per heavy atom. The van der Waals surface area contributed by atoms with Gasteiger partial charge >= 0.3 is 10.4 Å². The zero-order valence-corrected chi connectivity index (χ0v) is 9.92. The van der Waals surface area contributed by atoms with Gasteiger partial charge in [-0.25, -0.2) is 0 Å². The first-order valence-corrected chi connectivity index (χ1v) is 5.95. The normalized spacial score (nSPS) is 12.5. The second-order valence-electron chi connectivity index (χ2n) is 3.12. The first kappa shape index (κ1) is 15.8. The molecular formula is C9H15NO6S. The van der Waals surface area contributed by atoms with Crippen molar-refractivity contribution in [3.05, 3.63) is 29.8 Å². The maximum Gasteiger partial charge on any atom is 0.394 e. The Hall–Kier alpha value is -1.19. The van der Waals surface area contributed by atoms with Gasteiger partial charge in [0.25, 0.3) is 0 Å². The van der Waals surface area contributed by atoms with Gasteiger partial charge in [0.1, 0.15) is 5.75 Å². The van der Waals surface area contributed by atoms with Crippen LogP contribution in [0.3, 0.4) is 0 Å². The Kier molecular flexibility index (Phi) is 6.69. The number of phenols is 1. The highest BCUT2D eigenvalue weighted by Gasteiger charge is 2.05. The van der Waals surface area contributed by atoms with E-state index in [1.54, 1.807) is 31.3 Å². The highest BCUT2D eigenvalue weighted by molar-refractivity contribution is 7.79. The van der Waals surface area contributed by atoms with E-state index in [1.165, 1.54) is 0 Å². The molecule has 98 valence electrons. The molecule has 17 heavy (non-hydrogen) atoms. The zero-order chi connectivity index (χ0) is 13.5. The van der Waals surface area contributed by atoms with Gasteiger partial charge in [-0.2, -0.15) is 8.42 Å². The van der Waals surface area contributed by atoms with Gasteiger partial charge in [-0.1, -0.05) is 12.1 Å². The molecule has 0 aliphatic carbocycles. The summed E-state index contributed by atoms with van der Waals surface area (Å²) in [5.41, 5.74) is 0.726. The molecule has 8 heteroatoms. The summed E-state index contributed by atoms with van der Waals surface area (Å²) < 4.78 is 31.6. The second-order valence-corrected chi connectivity index (χ2v) is 4.01. The Bertz CT molecular complexity index is 425. The first-order valence-electron chi connectivity index (χ1n) is 4.55. The van der Waals surface area contributed by atoms with E-state index < -0.39 is 16.5 Å². The Morgan fingerprint density at radius 1 is 1.35 bits per heavy atom. The number of benzene rings is 1. The van der Waals surface area contributed by atoms with E-state index in [-0.39, 0.29) is 5.75 Å². The Morgan fingerprint density at radius 3 is 2.29 bits per heavy atom. The molecule has 5 N–H and O–H groups in total. The van der Waals surface area contributed by atoms with Crippen LogP contribution in [-0.2, 0) is 10.4 Å². The van der Waals surface area contributed by atoms with Crippen molar-refractivity contribution >= 4 is 10.4 Å². The summed E-state index contributed by atoms with van der Waals surface area (Å²) in [6.07, 6.45) is -0.554. The summed E-state index contributed by atoms with van der Waals surface area (Å²) in [6.45, 7) is 0.490. The summed E-state index contributed by atoms with van der Waals surface area (Å²) in [6, 6.07) is 6.63. The summed E-state index contributed by atoms with van der Waals surface area (Å²) in [7, 11) is -2.90. The van der Waals surface area contributed by atoms with E-state index in [0.29, 0.717) is 6.54 Å². The third-order valence-electron chi connectivity index (χ3n) is 1.65. The molecule has 0 aliphatic rings.